The summed E-state index contributed by atoms with van der Waals surface area (Å²) in [5.74, 6) is 1.43. The number of hydrogen-bond donors (Lipinski definition) is 0. The van der Waals surface area contributed by atoms with Gasteiger partial charge in [-0.1, -0.05) is 60.7 Å². The Hall–Kier alpha value is -2.92. The van der Waals surface area contributed by atoms with E-state index in [4.69, 9.17) is 9.15 Å². The second-order valence-electron chi connectivity index (χ2n) is 6.59. The van der Waals surface area contributed by atoms with Crippen LogP contribution in [0.25, 0.3) is 11.3 Å². The number of ether oxygens (including phenoxy) is 1. The molecule has 0 spiro atoms. The van der Waals surface area contributed by atoms with Gasteiger partial charge in [0.25, 0.3) is 0 Å². The molecule has 0 saturated carbocycles. The van der Waals surface area contributed by atoms with Gasteiger partial charge in [0.15, 0.2) is 11.7 Å². The van der Waals surface area contributed by atoms with Gasteiger partial charge in [-0.2, -0.15) is 0 Å². The van der Waals surface area contributed by atoms with E-state index in [1.165, 1.54) is 0 Å². The van der Waals surface area contributed by atoms with Crippen LogP contribution >= 0.6 is 0 Å². The zero-order valence-electron chi connectivity index (χ0n) is 15.1. The highest BCUT2D eigenvalue weighted by Gasteiger charge is 2.25. The highest BCUT2D eigenvalue weighted by molar-refractivity contribution is 5.76. The fourth-order valence-electron chi connectivity index (χ4n) is 3.28. The average Bonchev–Trinajstić information content (AvgIpc) is 3.22. The second-order valence-corrected chi connectivity index (χ2v) is 6.59. The van der Waals surface area contributed by atoms with Gasteiger partial charge in [0.05, 0.1) is 19.3 Å². The third-order valence-corrected chi connectivity index (χ3v) is 4.76. The molecule has 0 aliphatic carbocycles. The number of rotatable bonds is 5. The van der Waals surface area contributed by atoms with Gasteiger partial charge >= 0.3 is 0 Å². The van der Waals surface area contributed by atoms with Crippen LogP contribution in [0.2, 0.25) is 0 Å². The van der Waals surface area contributed by atoms with Crippen molar-refractivity contribution in [2.75, 3.05) is 19.7 Å². The first kappa shape index (κ1) is 17.5. The Kier molecular flexibility index (Phi) is 5.30. The molecule has 1 amide bonds. The van der Waals surface area contributed by atoms with Gasteiger partial charge in [-0.05, 0) is 5.56 Å². The predicted octanol–water partition coefficient (Wildman–Crippen LogP) is 3.87. The molecular formula is C22H22N2O3. The highest BCUT2D eigenvalue weighted by Crippen LogP contribution is 2.23. The molecule has 27 heavy (non-hydrogen) atoms. The summed E-state index contributed by atoms with van der Waals surface area (Å²) in [6.07, 6.45) is 2.54. The van der Waals surface area contributed by atoms with Crippen LogP contribution in [0.4, 0.5) is 0 Å². The molecule has 1 atom stereocenters. The van der Waals surface area contributed by atoms with Gasteiger partial charge in [-0.15, -0.1) is 0 Å². The number of carbonyl (C=O) groups excluding carboxylic acids is 1. The number of oxazole rings is 1. The van der Waals surface area contributed by atoms with Crippen LogP contribution in [-0.2, 0) is 16.0 Å². The van der Waals surface area contributed by atoms with Gasteiger partial charge in [-0.3, -0.25) is 4.79 Å². The minimum atomic E-state index is -0.0599. The van der Waals surface area contributed by atoms with E-state index in [1.807, 2.05) is 65.6 Å². The van der Waals surface area contributed by atoms with E-state index in [2.05, 4.69) is 4.98 Å². The van der Waals surface area contributed by atoms with Crippen molar-refractivity contribution < 1.29 is 13.9 Å². The molecule has 4 rings (SSSR count). The smallest absolute Gasteiger partial charge is 0.223 e. The van der Waals surface area contributed by atoms with Gasteiger partial charge in [0.2, 0.25) is 5.91 Å². The van der Waals surface area contributed by atoms with E-state index in [-0.39, 0.29) is 12.0 Å². The molecule has 1 fully saturated rings. The molecule has 0 unspecified atom stereocenters. The first-order valence-electron chi connectivity index (χ1n) is 9.24. The summed E-state index contributed by atoms with van der Waals surface area (Å²) in [4.78, 5) is 18.8. The zero-order valence-corrected chi connectivity index (χ0v) is 15.1. The minimum Gasteiger partial charge on any atom is -0.441 e. The molecule has 5 nitrogen and oxygen atoms in total. The Morgan fingerprint density at radius 2 is 1.81 bits per heavy atom. The minimum absolute atomic E-state index is 0.0599. The summed E-state index contributed by atoms with van der Waals surface area (Å²) < 4.78 is 11.6. The van der Waals surface area contributed by atoms with Gasteiger partial charge in [0.1, 0.15) is 6.10 Å². The monoisotopic (exact) mass is 362 g/mol. The van der Waals surface area contributed by atoms with Crippen LogP contribution in [0.15, 0.2) is 71.3 Å². The summed E-state index contributed by atoms with van der Waals surface area (Å²) in [6.45, 7) is 1.77. The molecule has 0 bridgehead atoms. The Labute approximate surface area is 158 Å². The number of benzene rings is 2. The maximum absolute atomic E-state index is 12.6. The van der Waals surface area contributed by atoms with Crippen molar-refractivity contribution in [3.8, 4) is 11.3 Å². The summed E-state index contributed by atoms with van der Waals surface area (Å²) in [7, 11) is 0. The number of morpholine rings is 1. The lowest BCUT2D eigenvalue weighted by Gasteiger charge is -2.33. The fourth-order valence-corrected chi connectivity index (χ4v) is 3.28. The molecule has 1 aromatic heterocycles. The van der Waals surface area contributed by atoms with Crippen molar-refractivity contribution in [2.45, 2.75) is 18.9 Å². The lowest BCUT2D eigenvalue weighted by atomic mass is 10.1. The van der Waals surface area contributed by atoms with Crippen molar-refractivity contribution in [3.63, 3.8) is 0 Å². The van der Waals surface area contributed by atoms with Crippen molar-refractivity contribution >= 4 is 5.91 Å². The van der Waals surface area contributed by atoms with E-state index in [1.54, 1.807) is 6.20 Å². The molecule has 1 saturated heterocycles. The number of amides is 1. The topological polar surface area (TPSA) is 55.6 Å². The largest absolute Gasteiger partial charge is 0.441 e. The van der Waals surface area contributed by atoms with Crippen LogP contribution in [0.1, 0.15) is 24.0 Å². The quantitative estimate of drug-likeness (QED) is 0.691. The number of hydrogen-bond acceptors (Lipinski definition) is 4. The van der Waals surface area contributed by atoms with Gasteiger partial charge < -0.3 is 14.1 Å². The molecule has 3 aromatic rings. The van der Waals surface area contributed by atoms with Crippen molar-refractivity contribution in [1.29, 1.82) is 0 Å². The molecule has 2 heterocycles. The predicted molar refractivity (Wildman–Crippen MR) is 102 cm³/mol. The Morgan fingerprint density at radius 3 is 2.59 bits per heavy atom. The first-order chi connectivity index (χ1) is 13.3. The van der Waals surface area contributed by atoms with Crippen LogP contribution in [0, 0.1) is 0 Å². The summed E-state index contributed by atoms with van der Waals surface area (Å²) in [6, 6.07) is 19.9. The first-order valence-corrected chi connectivity index (χ1v) is 9.24. The molecule has 1 aliphatic rings. The van der Waals surface area contributed by atoms with Crippen LogP contribution in [0.5, 0.6) is 0 Å². The zero-order chi connectivity index (χ0) is 18.5. The van der Waals surface area contributed by atoms with Crippen molar-refractivity contribution in [2.24, 2.45) is 0 Å². The van der Waals surface area contributed by atoms with Crippen LogP contribution < -0.4 is 0 Å². The normalized spacial score (nSPS) is 17.0. The number of nitrogens with zero attached hydrogens (tertiary/aromatic N) is 2. The number of aryl methyl sites for hydroxylation is 1. The maximum atomic E-state index is 12.6. The molecule has 0 radical (unpaired) electrons. The van der Waals surface area contributed by atoms with E-state index in [0.29, 0.717) is 38.4 Å². The lowest BCUT2D eigenvalue weighted by Crippen LogP contribution is -2.42. The molecule has 2 aromatic carbocycles. The average molecular weight is 362 g/mol. The number of aromatic nitrogens is 1. The third-order valence-electron chi connectivity index (χ3n) is 4.76. The summed E-state index contributed by atoms with van der Waals surface area (Å²) in [5.41, 5.74) is 2.09. The SMILES string of the molecule is O=C(CCc1ncc(-c2ccccc2)o1)N1CCO[C@H](c2ccccc2)C1. The molecule has 5 heteroatoms. The second kappa shape index (κ2) is 8.18. The standard InChI is InChI=1S/C22H22N2O3/c25-22(24-13-14-26-20(16-24)18-9-5-2-6-10-18)12-11-21-23-15-19(27-21)17-7-3-1-4-8-17/h1-10,15,20H,11-14,16H2/t20-/m0/s1. The Bertz CT molecular complexity index is 877. The summed E-state index contributed by atoms with van der Waals surface area (Å²) >= 11 is 0. The Balaban J connectivity index is 1.33. The van der Waals surface area contributed by atoms with E-state index in [9.17, 15) is 4.79 Å². The Morgan fingerprint density at radius 1 is 1.07 bits per heavy atom. The molecule has 1 aliphatic heterocycles. The molecule has 138 valence electrons. The van der Waals surface area contributed by atoms with Crippen LogP contribution in [0.3, 0.4) is 0 Å². The maximum Gasteiger partial charge on any atom is 0.223 e. The van der Waals surface area contributed by atoms with Crippen LogP contribution in [-0.4, -0.2) is 35.5 Å². The molecular weight excluding hydrogens is 340 g/mol. The van der Waals surface area contributed by atoms with E-state index < -0.39 is 0 Å². The van der Waals surface area contributed by atoms with E-state index in [0.717, 1.165) is 16.9 Å². The van der Waals surface area contributed by atoms with Gasteiger partial charge in [0, 0.05) is 24.9 Å². The fraction of sp³-hybridized carbons (Fsp3) is 0.273. The lowest BCUT2D eigenvalue weighted by molar-refractivity contribution is -0.139. The molecule has 0 N–H and O–H groups in total. The van der Waals surface area contributed by atoms with Gasteiger partial charge in [-0.25, -0.2) is 4.98 Å². The third kappa shape index (κ3) is 4.26. The van der Waals surface area contributed by atoms with Crippen molar-refractivity contribution in [3.05, 3.63) is 78.3 Å². The highest BCUT2D eigenvalue weighted by atomic mass is 16.5. The summed E-state index contributed by atoms with van der Waals surface area (Å²) in [5, 5.41) is 0. The van der Waals surface area contributed by atoms with E-state index >= 15 is 0 Å². The number of carbonyl (C=O) groups is 1. The van der Waals surface area contributed by atoms with Crippen molar-refractivity contribution in [1.82, 2.24) is 9.88 Å².